The molecule has 2 amide bonds. The van der Waals surface area contributed by atoms with Crippen LogP contribution in [0.25, 0.3) is 0 Å². The van der Waals surface area contributed by atoms with Crippen molar-refractivity contribution < 1.29 is 9.59 Å². The van der Waals surface area contributed by atoms with E-state index in [9.17, 15) is 9.59 Å². The first-order valence-corrected chi connectivity index (χ1v) is 11.6. The maximum atomic E-state index is 12.6. The summed E-state index contributed by atoms with van der Waals surface area (Å²) in [6.07, 6.45) is 0.364. The molecule has 1 aliphatic rings. The summed E-state index contributed by atoms with van der Waals surface area (Å²) in [6, 6.07) is 23.9. The van der Waals surface area contributed by atoms with E-state index in [2.05, 4.69) is 34.5 Å². The number of anilines is 3. The second kappa shape index (κ2) is 9.49. The number of para-hydroxylation sites is 2. The van der Waals surface area contributed by atoms with Crippen LogP contribution in [0, 0.1) is 0 Å². The number of carbonyl (C=O) groups excluding carboxylic acids is 2. The minimum atomic E-state index is -0.0436. The van der Waals surface area contributed by atoms with Crippen LogP contribution in [0.15, 0.2) is 87.5 Å². The fourth-order valence-corrected chi connectivity index (χ4v) is 5.01. The summed E-state index contributed by atoms with van der Waals surface area (Å²) in [5.41, 5.74) is 2.98. The molecule has 31 heavy (non-hydrogen) atoms. The SMILES string of the molecule is CN(C)C(=O)Sc1ccc(NC(=O)CCN2c3ccccc3Sc3ccccc32)cc1. The minimum Gasteiger partial charge on any atom is -0.339 e. The number of fused-ring (bicyclic) bond motifs is 2. The summed E-state index contributed by atoms with van der Waals surface area (Å²) in [6.45, 7) is 0.589. The van der Waals surface area contributed by atoms with Gasteiger partial charge in [-0.15, -0.1) is 0 Å². The van der Waals surface area contributed by atoms with Crippen LogP contribution in [0.4, 0.5) is 21.9 Å². The van der Waals surface area contributed by atoms with Crippen LogP contribution in [0.1, 0.15) is 6.42 Å². The third-order valence-electron chi connectivity index (χ3n) is 4.80. The van der Waals surface area contributed by atoms with E-state index in [-0.39, 0.29) is 11.1 Å². The summed E-state index contributed by atoms with van der Waals surface area (Å²) >= 11 is 2.92. The molecule has 0 aliphatic carbocycles. The second-order valence-electron chi connectivity index (χ2n) is 7.27. The smallest absolute Gasteiger partial charge is 0.285 e. The first-order chi connectivity index (χ1) is 15.0. The van der Waals surface area contributed by atoms with Crippen LogP contribution < -0.4 is 10.2 Å². The lowest BCUT2D eigenvalue weighted by Crippen LogP contribution is -2.25. The van der Waals surface area contributed by atoms with Crippen molar-refractivity contribution in [2.75, 3.05) is 30.9 Å². The summed E-state index contributed by atoms with van der Waals surface area (Å²) in [5, 5.41) is 2.93. The molecule has 5 nitrogen and oxygen atoms in total. The highest BCUT2D eigenvalue weighted by Crippen LogP contribution is 2.47. The fraction of sp³-hybridized carbons (Fsp3) is 0.167. The molecule has 1 N–H and O–H groups in total. The first-order valence-electron chi connectivity index (χ1n) is 9.94. The van der Waals surface area contributed by atoms with E-state index in [1.165, 1.54) is 14.7 Å². The molecule has 0 atom stereocenters. The summed E-state index contributed by atoms with van der Waals surface area (Å²) < 4.78 is 0. The second-order valence-corrected chi connectivity index (χ2v) is 9.38. The first kappa shape index (κ1) is 21.3. The molecule has 1 heterocycles. The molecule has 3 aromatic rings. The van der Waals surface area contributed by atoms with Crippen LogP contribution in [0.3, 0.4) is 0 Å². The Labute approximate surface area is 190 Å². The Morgan fingerprint density at radius 3 is 2.06 bits per heavy atom. The molecule has 0 saturated carbocycles. The topological polar surface area (TPSA) is 52.7 Å². The van der Waals surface area contributed by atoms with Gasteiger partial charge in [0.1, 0.15) is 0 Å². The van der Waals surface area contributed by atoms with Gasteiger partial charge in [-0.05, 0) is 60.3 Å². The van der Waals surface area contributed by atoms with Gasteiger partial charge in [0.15, 0.2) is 0 Å². The molecule has 0 saturated heterocycles. The van der Waals surface area contributed by atoms with E-state index in [1.807, 2.05) is 48.5 Å². The number of carbonyl (C=O) groups is 2. The Morgan fingerprint density at radius 2 is 1.48 bits per heavy atom. The lowest BCUT2D eigenvalue weighted by molar-refractivity contribution is -0.116. The van der Waals surface area contributed by atoms with E-state index in [0.29, 0.717) is 13.0 Å². The molecular weight excluding hydrogens is 426 g/mol. The number of hydrogen-bond donors (Lipinski definition) is 1. The van der Waals surface area contributed by atoms with Crippen LogP contribution >= 0.6 is 23.5 Å². The van der Waals surface area contributed by atoms with Gasteiger partial charge in [-0.25, -0.2) is 0 Å². The molecule has 1 aliphatic heterocycles. The van der Waals surface area contributed by atoms with E-state index in [4.69, 9.17) is 0 Å². The lowest BCUT2D eigenvalue weighted by Gasteiger charge is -2.32. The largest absolute Gasteiger partial charge is 0.339 e. The van der Waals surface area contributed by atoms with Gasteiger partial charge < -0.3 is 15.1 Å². The quantitative estimate of drug-likeness (QED) is 0.478. The van der Waals surface area contributed by atoms with Crippen molar-refractivity contribution >= 4 is 51.7 Å². The number of hydrogen-bond acceptors (Lipinski definition) is 5. The Balaban J connectivity index is 1.40. The monoisotopic (exact) mass is 449 g/mol. The molecular formula is C24H23N3O2S2. The van der Waals surface area contributed by atoms with Crippen LogP contribution in [0.5, 0.6) is 0 Å². The van der Waals surface area contributed by atoms with Crippen molar-refractivity contribution in [2.24, 2.45) is 0 Å². The molecule has 7 heteroatoms. The number of rotatable bonds is 5. The van der Waals surface area contributed by atoms with E-state index >= 15 is 0 Å². The number of nitrogens with zero attached hydrogens (tertiary/aromatic N) is 2. The Bertz CT molecular complexity index is 1050. The summed E-state index contributed by atoms with van der Waals surface area (Å²) in [4.78, 5) is 31.4. The Morgan fingerprint density at radius 1 is 0.903 bits per heavy atom. The maximum Gasteiger partial charge on any atom is 0.285 e. The van der Waals surface area contributed by atoms with Crippen molar-refractivity contribution in [3.05, 3.63) is 72.8 Å². The predicted octanol–water partition coefficient (Wildman–Crippen LogP) is 6.09. The Hall–Kier alpha value is -2.90. The van der Waals surface area contributed by atoms with Crippen molar-refractivity contribution in [3.63, 3.8) is 0 Å². The minimum absolute atomic E-state index is 0.0305. The zero-order valence-electron chi connectivity index (χ0n) is 17.4. The molecule has 3 aromatic carbocycles. The van der Waals surface area contributed by atoms with Gasteiger partial charge in [0.2, 0.25) is 5.91 Å². The average Bonchev–Trinajstić information content (AvgIpc) is 2.77. The zero-order chi connectivity index (χ0) is 21.8. The number of nitrogens with one attached hydrogen (secondary N) is 1. The van der Waals surface area contributed by atoms with Gasteiger partial charge in [-0.2, -0.15) is 0 Å². The summed E-state index contributed by atoms with van der Waals surface area (Å²) in [7, 11) is 3.45. The highest BCUT2D eigenvalue weighted by Gasteiger charge is 2.23. The van der Waals surface area contributed by atoms with Crippen LogP contribution in [-0.2, 0) is 4.79 Å². The zero-order valence-corrected chi connectivity index (χ0v) is 19.0. The van der Waals surface area contributed by atoms with Gasteiger partial charge >= 0.3 is 0 Å². The summed E-state index contributed by atoms with van der Waals surface area (Å²) in [5.74, 6) is -0.0436. The van der Waals surface area contributed by atoms with Gasteiger partial charge in [-0.3, -0.25) is 9.59 Å². The average molecular weight is 450 g/mol. The van der Waals surface area contributed by atoms with E-state index in [1.54, 1.807) is 25.9 Å². The van der Waals surface area contributed by atoms with E-state index < -0.39 is 0 Å². The molecule has 0 unspecified atom stereocenters. The third kappa shape index (κ3) is 5.06. The molecule has 158 valence electrons. The van der Waals surface area contributed by atoms with Gasteiger partial charge in [0, 0.05) is 47.4 Å². The molecule has 0 fully saturated rings. The van der Waals surface area contributed by atoms with Crippen molar-refractivity contribution in [2.45, 2.75) is 21.1 Å². The van der Waals surface area contributed by atoms with Gasteiger partial charge in [-0.1, -0.05) is 36.0 Å². The van der Waals surface area contributed by atoms with Crippen LogP contribution in [0.2, 0.25) is 0 Å². The number of benzene rings is 3. The fourth-order valence-electron chi connectivity index (χ4n) is 3.26. The molecule has 0 spiro atoms. The standard InChI is InChI=1S/C24H23N3O2S2/c1-26(2)24(29)30-18-13-11-17(12-14-18)25-23(28)15-16-27-19-7-3-5-9-21(19)31-22-10-6-4-8-20(22)27/h3-14H,15-16H2,1-2H3,(H,25,28). The molecule has 4 rings (SSSR count). The van der Waals surface area contributed by atoms with Crippen molar-refractivity contribution in [1.29, 1.82) is 0 Å². The highest BCUT2D eigenvalue weighted by atomic mass is 32.2. The predicted molar refractivity (Wildman–Crippen MR) is 129 cm³/mol. The van der Waals surface area contributed by atoms with Gasteiger partial charge in [0.25, 0.3) is 5.24 Å². The van der Waals surface area contributed by atoms with Crippen LogP contribution in [-0.4, -0.2) is 36.7 Å². The number of thioether (sulfide) groups is 1. The number of amides is 2. The maximum absolute atomic E-state index is 12.6. The molecule has 0 aromatic heterocycles. The van der Waals surface area contributed by atoms with Gasteiger partial charge in [0.05, 0.1) is 11.4 Å². The third-order valence-corrected chi connectivity index (χ3v) is 6.98. The van der Waals surface area contributed by atoms with Crippen molar-refractivity contribution in [3.8, 4) is 0 Å². The normalized spacial score (nSPS) is 12.0. The lowest BCUT2D eigenvalue weighted by atomic mass is 10.2. The molecule has 0 radical (unpaired) electrons. The van der Waals surface area contributed by atoms with Crippen molar-refractivity contribution in [1.82, 2.24) is 4.90 Å². The Kier molecular flexibility index (Phi) is 6.53. The highest BCUT2D eigenvalue weighted by molar-refractivity contribution is 8.13. The van der Waals surface area contributed by atoms with E-state index in [0.717, 1.165) is 33.7 Å². The molecule has 0 bridgehead atoms.